The van der Waals surface area contributed by atoms with Crippen LogP contribution in [0.15, 0.2) is 60.0 Å². The van der Waals surface area contributed by atoms with Gasteiger partial charge in [0.2, 0.25) is 0 Å². The molecule has 9 heteroatoms. The number of hydrogen-bond donors (Lipinski definition) is 2. The largest absolute Gasteiger partial charge is 0.339 e. The summed E-state index contributed by atoms with van der Waals surface area (Å²) in [6.45, 7) is 5.56. The molecule has 0 aliphatic carbocycles. The van der Waals surface area contributed by atoms with Crippen molar-refractivity contribution in [2.75, 3.05) is 6.54 Å². The van der Waals surface area contributed by atoms with Crippen LogP contribution in [0.5, 0.6) is 0 Å². The van der Waals surface area contributed by atoms with E-state index in [0.29, 0.717) is 0 Å². The molecule has 0 radical (unpaired) electrons. The molecule has 0 spiro atoms. The van der Waals surface area contributed by atoms with Gasteiger partial charge in [0.05, 0.1) is 6.33 Å². The minimum Gasteiger partial charge on any atom is -0.339 e. The Hall–Kier alpha value is -1.90. The zero-order valence-corrected chi connectivity index (χ0v) is 20.7. The van der Waals surface area contributed by atoms with Crippen LogP contribution < -0.4 is 10.0 Å². The number of aromatic nitrogens is 2. The average Bonchev–Trinajstić information content (AvgIpc) is 3.19. The van der Waals surface area contributed by atoms with Crippen LogP contribution in [0.25, 0.3) is 0 Å². The summed E-state index contributed by atoms with van der Waals surface area (Å²) in [4.78, 5) is 3.95. The van der Waals surface area contributed by atoms with Gasteiger partial charge in [0.15, 0.2) is 5.03 Å². The fourth-order valence-electron chi connectivity index (χ4n) is 4.18. The Balaban J connectivity index is 0.00000289. The molecule has 6 nitrogen and oxygen atoms in total. The highest BCUT2D eigenvalue weighted by Gasteiger charge is 2.35. The highest BCUT2D eigenvalue weighted by molar-refractivity contribution is 7.89. The van der Waals surface area contributed by atoms with E-state index in [1.807, 2.05) is 18.2 Å². The van der Waals surface area contributed by atoms with Crippen molar-refractivity contribution in [3.05, 3.63) is 82.3 Å². The molecule has 0 saturated heterocycles. The number of hydrogen-bond acceptors (Lipinski definition) is 4. The summed E-state index contributed by atoms with van der Waals surface area (Å²) in [7, 11) is -1.92. The van der Waals surface area contributed by atoms with Gasteiger partial charge in [-0.05, 0) is 47.4 Å². The summed E-state index contributed by atoms with van der Waals surface area (Å²) in [6.07, 6.45) is 3.91. The zero-order valence-electron chi connectivity index (χ0n) is 18.3. The first-order chi connectivity index (χ1) is 14.7. The summed E-state index contributed by atoms with van der Waals surface area (Å²) < 4.78 is 29.3. The summed E-state index contributed by atoms with van der Waals surface area (Å²) in [5.41, 5.74) is 4.44. The first-order valence-electron chi connectivity index (χ1n) is 10.3. The molecule has 1 unspecified atom stereocenters. The van der Waals surface area contributed by atoms with E-state index in [2.05, 4.69) is 53.1 Å². The van der Waals surface area contributed by atoms with E-state index in [0.717, 1.165) is 23.6 Å². The van der Waals surface area contributed by atoms with Crippen molar-refractivity contribution >= 4 is 34.0 Å². The second-order valence-corrected chi connectivity index (χ2v) is 10.8. The molecule has 1 aliphatic rings. The topological polar surface area (TPSA) is 76.0 Å². The summed E-state index contributed by atoms with van der Waals surface area (Å²) in [6, 6.07) is 14.3. The minimum atomic E-state index is -3.66. The SMILES string of the molecule is Cl.Cn1cnc(S(=O)(=O)NCc2ccc3c(c2)C(C(C)(C)c2ccc(Cl)cc2)NCC3)c1. The zero-order chi connectivity index (χ0) is 22.2. The first kappa shape index (κ1) is 24.7. The molecule has 172 valence electrons. The molecule has 0 fully saturated rings. The van der Waals surface area contributed by atoms with Crippen LogP contribution in [0.1, 0.15) is 42.1 Å². The highest BCUT2D eigenvalue weighted by Crippen LogP contribution is 2.40. The smallest absolute Gasteiger partial charge is 0.259 e. The predicted octanol–water partition coefficient (Wildman–Crippen LogP) is 4.14. The highest BCUT2D eigenvalue weighted by atomic mass is 35.5. The Morgan fingerprint density at radius 3 is 2.59 bits per heavy atom. The molecular formula is C23H28Cl2N4O2S. The summed E-state index contributed by atoms with van der Waals surface area (Å²) in [5.74, 6) is 0. The van der Waals surface area contributed by atoms with Gasteiger partial charge in [-0.3, -0.25) is 0 Å². The van der Waals surface area contributed by atoms with Gasteiger partial charge in [-0.25, -0.2) is 18.1 Å². The normalized spacial score (nSPS) is 16.3. The molecule has 32 heavy (non-hydrogen) atoms. The number of benzene rings is 2. The molecule has 0 bridgehead atoms. The molecule has 1 atom stereocenters. The lowest BCUT2D eigenvalue weighted by molar-refractivity contribution is 0.335. The minimum absolute atomic E-state index is 0. The molecule has 2 heterocycles. The number of nitrogens with one attached hydrogen (secondary N) is 2. The number of fused-ring (bicyclic) bond motifs is 1. The van der Waals surface area contributed by atoms with Crippen molar-refractivity contribution in [1.82, 2.24) is 19.6 Å². The van der Waals surface area contributed by atoms with Gasteiger partial charge in [-0.1, -0.05) is 55.8 Å². The maximum Gasteiger partial charge on any atom is 0.259 e. The number of imidazole rings is 1. The quantitative estimate of drug-likeness (QED) is 0.539. The van der Waals surface area contributed by atoms with E-state index < -0.39 is 10.0 Å². The van der Waals surface area contributed by atoms with Gasteiger partial charge < -0.3 is 9.88 Å². The number of sulfonamides is 1. The molecule has 3 aromatic rings. The van der Waals surface area contributed by atoms with Crippen LogP contribution in [-0.4, -0.2) is 24.5 Å². The lowest BCUT2D eigenvalue weighted by atomic mass is 9.72. The fraction of sp³-hybridized carbons (Fsp3) is 0.348. The van der Waals surface area contributed by atoms with Crippen LogP contribution in [0, 0.1) is 0 Å². The Labute approximate surface area is 200 Å². The van der Waals surface area contributed by atoms with Crippen LogP contribution in [-0.2, 0) is 35.5 Å². The molecule has 2 N–H and O–H groups in total. The van der Waals surface area contributed by atoms with Gasteiger partial charge in [0.1, 0.15) is 0 Å². The lowest BCUT2D eigenvalue weighted by Crippen LogP contribution is -2.41. The van der Waals surface area contributed by atoms with E-state index in [4.69, 9.17) is 11.6 Å². The van der Waals surface area contributed by atoms with E-state index in [9.17, 15) is 8.42 Å². The van der Waals surface area contributed by atoms with Crippen molar-refractivity contribution in [1.29, 1.82) is 0 Å². The third kappa shape index (κ3) is 5.02. The van der Waals surface area contributed by atoms with Crippen molar-refractivity contribution in [2.45, 2.75) is 43.3 Å². The summed E-state index contributed by atoms with van der Waals surface area (Å²) in [5, 5.41) is 4.42. The van der Waals surface area contributed by atoms with Crippen molar-refractivity contribution in [2.24, 2.45) is 7.05 Å². The molecule has 2 aromatic carbocycles. The van der Waals surface area contributed by atoms with Gasteiger partial charge in [0, 0.05) is 36.3 Å². The Kier molecular flexibility index (Phi) is 7.37. The Bertz CT molecular complexity index is 1190. The number of nitrogens with zero attached hydrogens (tertiary/aromatic N) is 2. The second-order valence-electron chi connectivity index (χ2n) is 8.60. The van der Waals surface area contributed by atoms with Crippen LogP contribution in [0.4, 0.5) is 0 Å². The van der Waals surface area contributed by atoms with Gasteiger partial charge in [-0.15, -0.1) is 12.4 Å². The van der Waals surface area contributed by atoms with Crippen LogP contribution in [0.3, 0.4) is 0 Å². The number of rotatable bonds is 6. The number of halogens is 2. The van der Waals surface area contributed by atoms with E-state index >= 15 is 0 Å². The van der Waals surface area contributed by atoms with Crippen molar-refractivity contribution in [3.8, 4) is 0 Å². The summed E-state index contributed by atoms with van der Waals surface area (Å²) >= 11 is 6.09. The van der Waals surface area contributed by atoms with Gasteiger partial charge in [0.25, 0.3) is 10.0 Å². The van der Waals surface area contributed by atoms with E-state index in [-0.39, 0.29) is 35.4 Å². The standard InChI is InChI=1S/C23H27ClN4O2S.ClH/c1-23(2,18-6-8-19(24)9-7-18)22-20-12-16(4-5-17(20)10-11-25-22)13-27-31(29,30)21-14-28(3)15-26-21;/h4-9,12,14-15,22,25,27H,10-11,13H2,1-3H3;1H. The maximum absolute atomic E-state index is 12.5. The molecule has 1 aliphatic heterocycles. The third-order valence-corrected chi connectivity index (χ3v) is 7.53. The van der Waals surface area contributed by atoms with E-state index in [1.54, 1.807) is 11.6 Å². The first-order valence-corrected chi connectivity index (χ1v) is 12.1. The van der Waals surface area contributed by atoms with Crippen LogP contribution >= 0.6 is 24.0 Å². The number of aryl methyl sites for hydroxylation is 1. The average molecular weight is 495 g/mol. The van der Waals surface area contributed by atoms with Gasteiger partial charge >= 0.3 is 0 Å². The molecule has 1 aromatic heterocycles. The third-order valence-electron chi connectivity index (χ3n) is 6.00. The van der Waals surface area contributed by atoms with Crippen LogP contribution in [0.2, 0.25) is 5.02 Å². The Morgan fingerprint density at radius 2 is 1.94 bits per heavy atom. The maximum atomic E-state index is 12.5. The van der Waals surface area contributed by atoms with E-state index in [1.165, 1.54) is 29.2 Å². The van der Waals surface area contributed by atoms with Crippen molar-refractivity contribution in [3.63, 3.8) is 0 Å². The Morgan fingerprint density at radius 1 is 1.22 bits per heavy atom. The monoisotopic (exact) mass is 494 g/mol. The molecule has 0 saturated carbocycles. The molecule has 4 rings (SSSR count). The molecular weight excluding hydrogens is 467 g/mol. The predicted molar refractivity (Wildman–Crippen MR) is 130 cm³/mol. The fourth-order valence-corrected chi connectivity index (χ4v) is 5.30. The molecule has 0 amide bonds. The lowest BCUT2D eigenvalue weighted by Gasteiger charge is -2.40. The van der Waals surface area contributed by atoms with Crippen molar-refractivity contribution < 1.29 is 8.42 Å². The second kappa shape index (κ2) is 9.53. The van der Waals surface area contributed by atoms with Gasteiger partial charge in [-0.2, -0.15) is 0 Å².